The summed E-state index contributed by atoms with van der Waals surface area (Å²) >= 11 is 0. The highest BCUT2D eigenvalue weighted by Gasteiger charge is 2.63. The quantitative estimate of drug-likeness (QED) is 0.853. The van der Waals surface area contributed by atoms with E-state index in [-0.39, 0.29) is 11.5 Å². The third kappa shape index (κ3) is 2.75. The van der Waals surface area contributed by atoms with Crippen LogP contribution in [0.4, 0.5) is 0 Å². The molecule has 4 atom stereocenters. The minimum atomic E-state index is -0.0361. The number of carbonyl (C=O) groups is 1. The van der Waals surface area contributed by atoms with Crippen molar-refractivity contribution < 1.29 is 9.53 Å². The van der Waals surface area contributed by atoms with Crippen molar-refractivity contribution in [3.63, 3.8) is 0 Å². The Bertz CT molecular complexity index is 588. The van der Waals surface area contributed by atoms with Gasteiger partial charge in [0.25, 0.3) is 0 Å². The van der Waals surface area contributed by atoms with Gasteiger partial charge in [-0.1, -0.05) is 0 Å². The molecular formula is C18H28N4O2. The molecular weight excluding hydrogens is 304 g/mol. The SMILES string of the molecule is CN(C)C[C@H]1[C@@H]2CC[C@@]3(CN(C(=O)CCCc4cn[nH]c4)C[C@@H]13)O2. The summed E-state index contributed by atoms with van der Waals surface area (Å²) in [4.78, 5) is 17.0. The monoisotopic (exact) mass is 332 g/mol. The zero-order valence-corrected chi connectivity index (χ0v) is 14.7. The smallest absolute Gasteiger partial charge is 0.222 e. The molecule has 0 aromatic carbocycles. The van der Waals surface area contributed by atoms with Gasteiger partial charge < -0.3 is 14.5 Å². The van der Waals surface area contributed by atoms with E-state index in [9.17, 15) is 4.79 Å². The van der Waals surface area contributed by atoms with E-state index >= 15 is 0 Å². The number of aromatic nitrogens is 2. The number of nitrogens with zero attached hydrogens (tertiary/aromatic N) is 3. The lowest BCUT2D eigenvalue weighted by Crippen LogP contribution is -2.40. The van der Waals surface area contributed by atoms with Gasteiger partial charge in [-0.05, 0) is 45.3 Å². The highest BCUT2D eigenvalue weighted by Crippen LogP contribution is 2.54. The molecule has 3 aliphatic rings. The second-order valence-electron chi connectivity index (χ2n) is 8.03. The molecule has 1 N–H and O–H groups in total. The van der Waals surface area contributed by atoms with Crippen molar-refractivity contribution in [2.75, 3.05) is 33.7 Å². The van der Waals surface area contributed by atoms with E-state index in [1.165, 1.54) is 5.56 Å². The number of likely N-dealkylation sites (tertiary alicyclic amines) is 1. The van der Waals surface area contributed by atoms with Gasteiger partial charge in [-0.2, -0.15) is 5.10 Å². The number of H-pyrrole nitrogens is 1. The lowest BCUT2D eigenvalue weighted by molar-refractivity contribution is -0.131. The molecule has 0 saturated carbocycles. The summed E-state index contributed by atoms with van der Waals surface area (Å²) in [5.74, 6) is 1.40. The van der Waals surface area contributed by atoms with Crippen LogP contribution in [0.2, 0.25) is 0 Å². The van der Waals surface area contributed by atoms with Gasteiger partial charge in [0.1, 0.15) is 0 Å². The van der Waals surface area contributed by atoms with Crippen LogP contribution < -0.4 is 0 Å². The van der Waals surface area contributed by atoms with E-state index in [2.05, 4.69) is 34.1 Å². The van der Waals surface area contributed by atoms with Crippen molar-refractivity contribution in [2.24, 2.45) is 11.8 Å². The molecule has 1 aromatic heterocycles. The molecule has 4 heterocycles. The first-order valence-electron chi connectivity index (χ1n) is 9.15. The molecule has 6 nitrogen and oxygen atoms in total. The van der Waals surface area contributed by atoms with Crippen molar-refractivity contribution in [1.29, 1.82) is 0 Å². The second kappa shape index (κ2) is 6.15. The number of hydrogen-bond acceptors (Lipinski definition) is 4. The van der Waals surface area contributed by atoms with Gasteiger partial charge in [0.2, 0.25) is 5.91 Å². The Labute approximate surface area is 143 Å². The summed E-state index contributed by atoms with van der Waals surface area (Å²) in [5, 5.41) is 6.77. The van der Waals surface area contributed by atoms with Gasteiger partial charge in [-0.25, -0.2) is 0 Å². The molecule has 0 radical (unpaired) electrons. The molecule has 3 fully saturated rings. The number of ether oxygens (including phenoxy) is 1. The number of amides is 1. The second-order valence-corrected chi connectivity index (χ2v) is 8.03. The van der Waals surface area contributed by atoms with E-state index in [0.29, 0.717) is 24.4 Å². The van der Waals surface area contributed by atoms with Crippen molar-refractivity contribution in [2.45, 2.75) is 43.8 Å². The van der Waals surface area contributed by atoms with E-state index < -0.39 is 0 Å². The Balaban J connectivity index is 1.34. The van der Waals surface area contributed by atoms with Crippen LogP contribution in [0, 0.1) is 11.8 Å². The average Bonchev–Trinajstić information content (AvgIpc) is 3.28. The topological polar surface area (TPSA) is 61.5 Å². The van der Waals surface area contributed by atoms with E-state index in [1.54, 1.807) is 0 Å². The molecule has 6 heteroatoms. The van der Waals surface area contributed by atoms with Crippen molar-refractivity contribution in [3.8, 4) is 0 Å². The number of aryl methyl sites for hydroxylation is 1. The Hall–Kier alpha value is -1.40. The number of rotatable bonds is 6. The van der Waals surface area contributed by atoms with Crippen LogP contribution in [0.5, 0.6) is 0 Å². The summed E-state index contributed by atoms with van der Waals surface area (Å²) in [6.45, 7) is 2.77. The Morgan fingerprint density at radius 1 is 1.54 bits per heavy atom. The van der Waals surface area contributed by atoms with Crippen LogP contribution in [0.3, 0.4) is 0 Å². The molecule has 4 rings (SSSR count). The molecule has 1 spiro atoms. The van der Waals surface area contributed by atoms with E-state index in [1.807, 2.05) is 12.4 Å². The summed E-state index contributed by atoms with van der Waals surface area (Å²) < 4.78 is 6.41. The fraction of sp³-hybridized carbons (Fsp3) is 0.778. The van der Waals surface area contributed by atoms with Crippen LogP contribution in [-0.4, -0.2) is 71.3 Å². The zero-order valence-electron chi connectivity index (χ0n) is 14.7. The van der Waals surface area contributed by atoms with Crippen LogP contribution in [-0.2, 0) is 16.0 Å². The maximum absolute atomic E-state index is 12.6. The summed E-state index contributed by atoms with van der Waals surface area (Å²) in [6.07, 6.45) is 8.86. The first kappa shape index (κ1) is 16.1. The van der Waals surface area contributed by atoms with E-state index in [4.69, 9.17) is 4.74 Å². The Kier molecular flexibility index (Phi) is 4.12. The lowest BCUT2D eigenvalue weighted by Gasteiger charge is -2.30. The number of nitrogens with one attached hydrogen (secondary N) is 1. The standard InChI is InChI=1S/C18H28N4O2/c1-21(2)10-14-15-11-22(12-18(15)7-6-16(14)24-18)17(23)5-3-4-13-8-19-20-9-13/h8-9,14-16H,3-7,10-12H2,1-2H3,(H,19,20)/t14-,15+,16+,18+/m1/s1. The predicted molar refractivity (Wildman–Crippen MR) is 90.5 cm³/mol. The summed E-state index contributed by atoms with van der Waals surface area (Å²) in [5.41, 5.74) is 1.14. The predicted octanol–water partition coefficient (Wildman–Crippen LogP) is 1.30. The Morgan fingerprint density at radius 2 is 2.42 bits per heavy atom. The zero-order chi connectivity index (χ0) is 16.7. The van der Waals surface area contributed by atoms with E-state index in [0.717, 1.165) is 45.3 Å². The highest BCUT2D eigenvalue weighted by atomic mass is 16.5. The normalized spacial score (nSPS) is 34.3. The van der Waals surface area contributed by atoms with Crippen molar-refractivity contribution in [1.82, 2.24) is 20.0 Å². The highest BCUT2D eigenvalue weighted by molar-refractivity contribution is 5.76. The molecule has 0 unspecified atom stereocenters. The van der Waals surface area contributed by atoms with Crippen molar-refractivity contribution >= 4 is 5.91 Å². The average molecular weight is 332 g/mol. The molecule has 3 aliphatic heterocycles. The third-order valence-corrected chi connectivity index (χ3v) is 6.12. The fourth-order valence-corrected chi connectivity index (χ4v) is 5.06. The van der Waals surface area contributed by atoms with Crippen LogP contribution in [0.15, 0.2) is 12.4 Å². The number of hydrogen-bond donors (Lipinski definition) is 1. The summed E-state index contributed by atoms with van der Waals surface area (Å²) in [7, 11) is 4.26. The molecule has 1 amide bonds. The number of carbonyl (C=O) groups excluding carboxylic acids is 1. The summed E-state index contributed by atoms with van der Waals surface area (Å²) in [6, 6.07) is 0. The van der Waals surface area contributed by atoms with Gasteiger partial charge in [-0.3, -0.25) is 9.89 Å². The first-order chi connectivity index (χ1) is 11.6. The molecule has 1 aromatic rings. The van der Waals surface area contributed by atoms with Gasteiger partial charge in [0.15, 0.2) is 0 Å². The molecule has 0 aliphatic carbocycles. The fourth-order valence-electron chi connectivity index (χ4n) is 5.06. The van der Waals surface area contributed by atoms with Crippen LogP contribution >= 0.6 is 0 Å². The number of fused-ring (bicyclic) bond motifs is 1. The van der Waals surface area contributed by atoms with Gasteiger partial charge in [0, 0.05) is 37.5 Å². The first-order valence-corrected chi connectivity index (χ1v) is 9.15. The van der Waals surface area contributed by atoms with Gasteiger partial charge in [-0.15, -0.1) is 0 Å². The van der Waals surface area contributed by atoms with Crippen molar-refractivity contribution in [3.05, 3.63) is 18.0 Å². The maximum atomic E-state index is 12.6. The number of aromatic amines is 1. The largest absolute Gasteiger partial charge is 0.369 e. The molecule has 3 saturated heterocycles. The van der Waals surface area contributed by atoms with Gasteiger partial charge >= 0.3 is 0 Å². The molecule has 24 heavy (non-hydrogen) atoms. The van der Waals surface area contributed by atoms with Crippen LogP contribution in [0.25, 0.3) is 0 Å². The molecule has 132 valence electrons. The molecule has 2 bridgehead atoms. The minimum absolute atomic E-state index is 0.0361. The lowest BCUT2D eigenvalue weighted by atomic mass is 9.73. The third-order valence-electron chi connectivity index (χ3n) is 6.12. The van der Waals surface area contributed by atoms with Crippen LogP contribution in [0.1, 0.15) is 31.2 Å². The Morgan fingerprint density at radius 3 is 3.17 bits per heavy atom. The maximum Gasteiger partial charge on any atom is 0.222 e. The van der Waals surface area contributed by atoms with Gasteiger partial charge in [0.05, 0.1) is 24.4 Å². The minimum Gasteiger partial charge on any atom is -0.369 e.